The predicted molar refractivity (Wildman–Crippen MR) is 32.9 cm³/mol. The molecule has 0 saturated heterocycles. The second kappa shape index (κ2) is 2.46. The highest BCUT2D eigenvalue weighted by Gasteiger charge is 1.93. The summed E-state index contributed by atoms with van der Waals surface area (Å²) in [5.74, 6) is 0. The molecular formula is C6H7N2O. The van der Waals surface area contributed by atoms with Crippen LogP contribution in [0.5, 0.6) is 0 Å². The number of nitrogens with zero attached hydrogens (tertiary/aromatic N) is 1. The van der Waals surface area contributed by atoms with Gasteiger partial charge in [-0.05, 0) is 6.07 Å². The minimum Gasteiger partial charge on any atom is -0.392 e. The summed E-state index contributed by atoms with van der Waals surface area (Å²) in [4.78, 5) is 3.74. The number of rotatable bonds is 1. The molecule has 0 spiro atoms. The Bertz CT molecular complexity index is 200. The van der Waals surface area contributed by atoms with Gasteiger partial charge in [0, 0.05) is 18.0 Å². The standard InChI is InChI=1S/C6H7N2O/c7-6-1-2-8-3-5(6)4-9/h1-3,7,9H,4H2. The van der Waals surface area contributed by atoms with Crippen LogP contribution < -0.4 is 5.73 Å². The van der Waals surface area contributed by atoms with Gasteiger partial charge in [-0.3, -0.25) is 4.98 Å². The molecule has 1 rings (SSSR count). The Morgan fingerprint density at radius 3 is 2.89 bits per heavy atom. The quantitative estimate of drug-likeness (QED) is 0.590. The zero-order chi connectivity index (χ0) is 6.69. The number of aliphatic hydroxyl groups is 1. The van der Waals surface area contributed by atoms with Gasteiger partial charge in [-0.25, -0.2) is 0 Å². The lowest BCUT2D eigenvalue weighted by atomic mass is 10.2. The van der Waals surface area contributed by atoms with Crippen LogP contribution in [0.1, 0.15) is 5.56 Å². The monoisotopic (exact) mass is 123 g/mol. The Balaban J connectivity index is 3.01. The normalized spacial score (nSPS) is 9.44. The van der Waals surface area contributed by atoms with E-state index in [1.54, 1.807) is 6.07 Å². The third kappa shape index (κ3) is 1.17. The average molecular weight is 123 g/mol. The summed E-state index contributed by atoms with van der Waals surface area (Å²) in [6, 6.07) is 1.55. The fourth-order valence-electron chi connectivity index (χ4n) is 0.553. The molecule has 0 atom stereocenters. The highest BCUT2D eigenvalue weighted by molar-refractivity contribution is 5.39. The molecule has 2 N–H and O–H groups in total. The molecule has 1 radical (unpaired) electrons. The first-order valence-corrected chi connectivity index (χ1v) is 2.60. The summed E-state index contributed by atoms with van der Waals surface area (Å²) in [5.41, 5.74) is 8.08. The Morgan fingerprint density at radius 2 is 2.44 bits per heavy atom. The molecule has 0 amide bonds. The van der Waals surface area contributed by atoms with Gasteiger partial charge in [-0.15, -0.1) is 0 Å². The highest BCUT2D eigenvalue weighted by Crippen LogP contribution is 2.08. The number of nitrogens with one attached hydrogen (secondary N) is 1. The van der Waals surface area contributed by atoms with Crippen LogP contribution in [0.2, 0.25) is 0 Å². The molecular weight excluding hydrogens is 116 g/mol. The number of hydrogen-bond acceptors (Lipinski definition) is 2. The Kier molecular flexibility index (Phi) is 1.65. The van der Waals surface area contributed by atoms with E-state index in [1.807, 2.05) is 0 Å². The van der Waals surface area contributed by atoms with Crippen LogP contribution in [0.4, 0.5) is 5.69 Å². The molecule has 0 aliphatic rings. The summed E-state index contributed by atoms with van der Waals surface area (Å²) < 4.78 is 0. The van der Waals surface area contributed by atoms with Gasteiger partial charge in [-0.1, -0.05) is 0 Å². The van der Waals surface area contributed by atoms with Crippen molar-refractivity contribution in [3.8, 4) is 0 Å². The van der Waals surface area contributed by atoms with Crippen molar-refractivity contribution in [2.75, 3.05) is 0 Å². The summed E-state index contributed by atoms with van der Waals surface area (Å²) in [5, 5.41) is 8.56. The number of pyridine rings is 1. The largest absolute Gasteiger partial charge is 0.392 e. The zero-order valence-corrected chi connectivity index (χ0v) is 4.83. The van der Waals surface area contributed by atoms with Crippen molar-refractivity contribution < 1.29 is 5.11 Å². The first kappa shape index (κ1) is 6.04. The first-order chi connectivity index (χ1) is 4.34. The lowest BCUT2D eigenvalue weighted by Crippen LogP contribution is -1.86. The van der Waals surface area contributed by atoms with Crippen molar-refractivity contribution >= 4 is 5.69 Å². The van der Waals surface area contributed by atoms with Gasteiger partial charge in [0.25, 0.3) is 0 Å². The fourth-order valence-corrected chi connectivity index (χ4v) is 0.553. The van der Waals surface area contributed by atoms with Gasteiger partial charge in [0.1, 0.15) is 0 Å². The van der Waals surface area contributed by atoms with Crippen LogP contribution in [0, 0.1) is 0 Å². The summed E-state index contributed by atoms with van der Waals surface area (Å²) in [6.45, 7) is -0.104. The maximum absolute atomic E-state index is 8.56. The van der Waals surface area contributed by atoms with E-state index in [0.717, 1.165) is 0 Å². The van der Waals surface area contributed by atoms with Crippen LogP contribution in [-0.2, 0) is 6.61 Å². The molecule has 9 heavy (non-hydrogen) atoms. The third-order valence-electron chi connectivity index (χ3n) is 1.07. The molecule has 1 aromatic heterocycles. The van der Waals surface area contributed by atoms with E-state index in [9.17, 15) is 0 Å². The van der Waals surface area contributed by atoms with Gasteiger partial charge >= 0.3 is 0 Å². The van der Waals surface area contributed by atoms with Gasteiger partial charge < -0.3 is 10.8 Å². The van der Waals surface area contributed by atoms with E-state index in [-0.39, 0.29) is 6.61 Å². The number of hydrogen-bond donors (Lipinski definition) is 1. The fraction of sp³-hybridized carbons (Fsp3) is 0.167. The molecule has 0 unspecified atom stereocenters. The van der Waals surface area contributed by atoms with Crippen LogP contribution in [0.3, 0.4) is 0 Å². The zero-order valence-electron chi connectivity index (χ0n) is 4.83. The topological polar surface area (TPSA) is 56.9 Å². The van der Waals surface area contributed by atoms with Crippen molar-refractivity contribution in [2.45, 2.75) is 6.61 Å². The minimum absolute atomic E-state index is 0.104. The summed E-state index contributed by atoms with van der Waals surface area (Å²) >= 11 is 0. The molecule has 0 aromatic carbocycles. The van der Waals surface area contributed by atoms with Crippen LogP contribution in [-0.4, -0.2) is 10.1 Å². The van der Waals surface area contributed by atoms with Crippen molar-refractivity contribution in [2.24, 2.45) is 0 Å². The number of aliphatic hydroxyl groups excluding tert-OH is 1. The van der Waals surface area contributed by atoms with E-state index < -0.39 is 0 Å². The average Bonchev–Trinajstić information content (AvgIpc) is 1.89. The maximum Gasteiger partial charge on any atom is 0.0717 e. The lowest BCUT2D eigenvalue weighted by molar-refractivity contribution is 0.282. The Hall–Kier alpha value is -1.09. The maximum atomic E-state index is 8.56. The molecule has 1 heterocycles. The van der Waals surface area contributed by atoms with Gasteiger partial charge in [0.2, 0.25) is 0 Å². The van der Waals surface area contributed by atoms with Crippen LogP contribution >= 0.6 is 0 Å². The molecule has 0 bridgehead atoms. The van der Waals surface area contributed by atoms with Crippen molar-refractivity contribution in [3.05, 3.63) is 24.0 Å². The lowest BCUT2D eigenvalue weighted by Gasteiger charge is -1.95. The van der Waals surface area contributed by atoms with E-state index in [0.29, 0.717) is 11.3 Å². The molecule has 0 fully saturated rings. The molecule has 3 nitrogen and oxygen atoms in total. The van der Waals surface area contributed by atoms with Gasteiger partial charge in [0.05, 0.1) is 12.3 Å². The van der Waals surface area contributed by atoms with Crippen LogP contribution in [0.25, 0.3) is 0 Å². The van der Waals surface area contributed by atoms with Crippen LogP contribution in [0.15, 0.2) is 18.5 Å². The van der Waals surface area contributed by atoms with Crippen molar-refractivity contribution in [3.63, 3.8) is 0 Å². The summed E-state index contributed by atoms with van der Waals surface area (Å²) in [7, 11) is 0. The highest BCUT2D eigenvalue weighted by atomic mass is 16.3. The van der Waals surface area contributed by atoms with Crippen molar-refractivity contribution in [1.29, 1.82) is 0 Å². The predicted octanol–water partition coefficient (Wildman–Crippen LogP) is 0.488. The number of aromatic nitrogens is 1. The molecule has 0 saturated carbocycles. The van der Waals surface area contributed by atoms with E-state index >= 15 is 0 Å². The third-order valence-corrected chi connectivity index (χ3v) is 1.07. The molecule has 0 aliphatic heterocycles. The van der Waals surface area contributed by atoms with Crippen molar-refractivity contribution in [1.82, 2.24) is 10.7 Å². The van der Waals surface area contributed by atoms with Gasteiger partial charge in [-0.2, -0.15) is 0 Å². The summed E-state index contributed by atoms with van der Waals surface area (Å²) in [6.07, 6.45) is 3.02. The SMILES string of the molecule is [NH]c1ccncc1CO. The second-order valence-corrected chi connectivity index (χ2v) is 1.69. The van der Waals surface area contributed by atoms with E-state index in [1.165, 1.54) is 12.4 Å². The van der Waals surface area contributed by atoms with E-state index in [2.05, 4.69) is 4.98 Å². The molecule has 0 aliphatic carbocycles. The molecule has 1 aromatic rings. The smallest absolute Gasteiger partial charge is 0.0717 e. The molecule has 3 heteroatoms. The van der Waals surface area contributed by atoms with E-state index in [4.69, 9.17) is 10.8 Å². The first-order valence-electron chi connectivity index (χ1n) is 2.60. The second-order valence-electron chi connectivity index (χ2n) is 1.69. The molecule has 47 valence electrons. The Labute approximate surface area is 53.2 Å². The van der Waals surface area contributed by atoms with Gasteiger partial charge in [0.15, 0.2) is 0 Å². The minimum atomic E-state index is -0.104. The Morgan fingerprint density at radius 1 is 1.67 bits per heavy atom.